The van der Waals surface area contributed by atoms with Crippen molar-refractivity contribution in [2.75, 3.05) is 18.9 Å². The Hall–Kier alpha value is -2.93. The maximum atomic E-state index is 12.7. The third kappa shape index (κ3) is 3.52. The lowest BCUT2D eigenvalue weighted by atomic mass is 10.2. The van der Waals surface area contributed by atoms with Crippen molar-refractivity contribution in [1.29, 1.82) is 0 Å². The molecule has 0 bridgehead atoms. The van der Waals surface area contributed by atoms with Crippen LogP contribution in [0.3, 0.4) is 0 Å². The third-order valence-electron chi connectivity index (χ3n) is 3.88. The molecule has 2 aromatic heterocycles. The van der Waals surface area contributed by atoms with Gasteiger partial charge < -0.3 is 10.2 Å². The molecule has 0 aliphatic carbocycles. The molecule has 0 radical (unpaired) electrons. The summed E-state index contributed by atoms with van der Waals surface area (Å²) in [4.78, 5) is 30.7. The molecule has 7 nitrogen and oxygen atoms in total. The monoisotopic (exact) mass is 371 g/mol. The lowest BCUT2D eigenvalue weighted by Crippen LogP contribution is -2.35. The zero-order chi connectivity index (χ0) is 18.8. The predicted octanol–water partition coefficient (Wildman–Crippen LogP) is 2.71. The minimum absolute atomic E-state index is 0.119. The van der Waals surface area contributed by atoms with Gasteiger partial charge in [-0.1, -0.05) is 23.7 Å². The highest BCUT2D eigenvalue weighted by Crippen LogP contribution is 2.20. The minimum atomic E-state index is -0.342. The number of aromatic nitrogens is 3. The van der Waals surface area contributed by atoms with Gasteiger partial charge in [-0.2, -0.15) is 5.10 Å². The summed E-state index contributed by atoms with van der Waals surface area (Å²) in [6, 6.07) is 8.81. The molecular weight excluding hydrogens is 354 g/mol. The highest BCUT2D eigenvalue weighted by Gasteiger charge is 2.21. The number of fused-ring (bicyclic) bond motifs is 1. The summed E-state index contributed by atoms with van der Waals surface area (Å²) in [5.74, 6) is -0.669. The maximum absolute atomic E-state index is 12.7. The van der Waals surface area contributed by atoms with Crippen LogP contribution in [-0.2, 0) is 4.79 Å². The second kappa shape index (κ2) is 7.13. The number of nitrogens with one attached hydrogen (secondary N) is 1. The van der Waals surface area contributed by atoms with Crippen molar-refractivity contribution in [1.82, 2.24) is 19.5 Å². The van der Waals surface area contributed by atoms with Gasteiger partial charge in [-0.25, -0.2) is 9.50 Å². The molecule has 8 heteroatoms. The molecule has 2 amide bonds. The maximum Gasteiger partial charge on any atom is 0.259 e. The summed E-state index contributed by atoms with van der Waals surface area (Å²) in [7, 11) is 1.56. The minimum Gasteiger partial charge on any atom is -0.332 e. The molecule has 2 heterocycles. The van der Waals surface area contributed by atoms with Crippen molar-refractivity contribution in [3.05, 3.63) is 58.5 Å². The van der Waals surface area contributed by atoms with E-state index in [0.29, 0.717) is 21.9 Å². The standard InChI is InChI=1S/C18H18ClN5O2/c1-11-8-12(2)24-17(21-11)13(9-20-24)18(26)23(3)10-16(25)22-15-7-5-4-6-14(15)19/h4-9H,10H2,1-3H3,(H,22,25). The van der Waals surface area contributed by atoms with Gasteiger partial charge in [-0.3, -0.25) is 9.59 Å². The number of aryl methyl sites for hydroxylation is 2. The highest BCUT2D eigenvalue weighted by molar-refractivity contribution is 6.33. The SMILES string of the molecule is Cc1cc(C)n2ncc(C(=O)N(C)CC(=O)Nc3ccccc3Cl)c2n1. The Kier molecular flexibility index (Phi) is 4.90. The van der Waals surface area contributed by atoms with Crippen molar-refractivity contribution in [3.63, 3.8) is 0 Å². The normalized spacial score (nSPS) is 10.8. The molecule has 3 rings (SSSR count). The van der Waals surface area contributed by atoms with Gasteiger partial charge in [0.15, 0.2) is 5.65 Å². The number of halogens is 1. The van der Waals surface area contributed by atoms with Crippen LogP contribution in [0.4, 0.5) is 5.69 Å². The number of hydrogen-bond donors (Lipinski definition) is 1. The molecule has 0 saturated heterocycles. The first kappa shape index (κ1) is 17.9. The van der Waals surface area contributed by atoms with Gasteiger partial charge in [-0.15, -0.1) is 0 Å². The van der Waals surface area contributed by atoms with E-state index in [-0.39, 0.29) is 18.4 Å². The Labute approximate surface area is 155 Å². The molecular formula is C18H18ClN5O2. The summed E-state index contributed by atoms with van der Waals surface area (Å²) in [5, 5.41) is 7.34. The Bertz CT molecular complexity index is 998. The van der Waals surface area contributed by atoms with Gasteiger partial charge in [0.2, 0.25) is 5.91 Å². The van der Waals surface area contributed by atoms with Crippen LogP contribution < -0.4 is 5.32 Å². The quantitative estimate of drug-likeness (QED) is 0.764. The van der Waals surface area contributed by atoms with Crippen molar-refractivity contribution in [2.45, 2.75) is 13.8 Å². The number of benzene rings is 1. The van der Waals surface area contributed by atoms with Crippen molar-refractivity contribution >= 4 is 34.7 Å². The van der Waals surface area contributed by atoms with E-state index in [1.807, 2.05) is 19.9 Å². The second-order valence-electron chi connectivity index (χ2n) is 6.02. The first-order valence-corrected chi connectivity index (χ1v) is 8.36. The van der Waals surface area contributed by atoms with Crippen molar-refractivity contribution < 1.29 is 9.59 Å². The molecule has 26 heavy (non-hydrogen) atoms. The molecule has 0 aliphatic rings. The van der Waals surface area contributed by atoms with Gasteiger partial charge in [0.05, 0.1) is 23.5 Å². The summed E-state index contributed by atoms with van der Waals surface area (Å²) < 4.78 is 1.61. The molecule has 0 spiro atoms. The van der Waals surface area contributed by atoms with Crippen molar-refractivity contribution in [3.8, 4) is 0 Å². The van der Waals surface area contributed by atoms with E-state index in [1.54, 1.807) is 35.8 Å². The molecule has 3 aromatic rings. The fourth-order valence-corrected chi connectivity index (χ4v) is 2.85. The molecule has 0 unspecified atom stereocenters. The number of amides is 2. The van der Waals surface area contributed by atoms with E-state index in [4.69, 9.17) is 11.6 Å². The average molecular weight is 372 g/mol. The number of likely N-dealkylation sites (N-methyl/N-ethyl adjacent to an activating group) is 1. The van der Waals surface area contributed by atoms with E-state index in [9.17, 15) is 9.59 Å². The Balaban J connectivity index is 1.76. The fraction of sp³-hybridized carbons (Fsp3) is 0.222. The smallest absolute Gasteiger partial charge is 0.259 e. The third-order valence-corrected chi connectivity index (χ3v) is 4.21. The number of carbonyl (C=O) groups is 2. The van der Waals surface area contributed by atoms with Gasteiger partial charge in [-0.05, 0) is 32.0 Å². The first-order chi connectivity index (χ1) is 12.4. The summed E-state index contributed by atoms with van der Waals surface area (Å²) >= 11 is 6.03. The summed E-state index contributed by atoms with van der Waals surface area (Å²) in [5.41, 5.74) is 3.01. The van der Waals surface area contributed by atoms with E-state index in [2.05, 4.69) is 15.4 Å². The lowest BCUT2D eigenvalue weighted by molar-refractivity contribution is -0.116. The van der Waals surface area contributed by atoms with Gasteiger partial charge in [0.25, 0.3) is 5.91 Å². The Morgan fingerprint density at radius 3 is 2.73 bits per heavy atom. The van der Waals surface area contributed by atoms with E-state index < -0.39 is 0 Å². The zero-order valence-electron chi connectivity index (χ0n) is 14.7. The zero-order valence-corrected chi connectivity index (χ0v) is 15.4. The second-order valence-corrected chi connectivity index (χ2v) is 6.43. The van der Waals surface area contributed by atoms with Crippen LogP contribution in [0, 0.1) is 13.8 Å². The number of nitrogens with zero attached hydrogens (tertiary/aromatic N) is 4. The van der Waals surface area contributed by atoms with Gasteiger partial charge >= 0.3 is 0 Å². The van der Waals surface area contributed by atoms with Crippen LogP contribution in [-0.4, -0.2) is 44.9 Å². The number of para-hydroxylation sites is 1. The van der Waals surface area contributed by atoms with Crippen LogP contribution in [0.1, 0.15) is 21.7 Å². The van der Waals surface area contributed by atoms with Crippen LogP contribution >= 0.6 is 11.6 Å². The average Bonchev–Trinajstić information content (AvgIpc) is 3.00. The topological polar surface area (TPSA) is 79.6 Å². The van der Waals surface area contributed by atoms with Gasteiger partial charge in [0.1, 0.15) is 5.56 Å². The van der Waals surface area contributed by atoms with Crippen LogP contribution in [0.25, 0.3) is 5.65 Å². The van der Waals surface area contributed by atoms with E-state index in [1.165, 1.54) is 11.1 Å². The molecule has 1 aromatic carbocycles. The number of rotatable bonds is 4. The Morgan fingerprint density at radius 1 is 1.27 bits per heavy atom. The summed E-state index contributed by atoms with van der Waals surface area (Å²) in [6.07, 6.45) is 1.47. The van der Waals surface area contributed by atoms with Gasteiger partial charge in [0, 0.05) is 18.4 Å². The molecule has 1 N–H and O–H groups in total. The molecule has 0 fully saturated rings. The van der Waals surface area contributed by atoms with Crippen LogP contribution in [0.2, 0.25) is 5.02 Å². The Morgan fingerprint density at radius 2 is 2.00 bits per heavy atom. The van der Waals surface area contributed by atoms with Crippen LogP contribution in [0.5, 0.6) is 0 Å². The largest absolute Gasteiger partial charge is 0.332 e. The first-order valence-electron chi connectivity index (χ1n) is 7.98. The molecule has 0 aliphatic heterocycles. The molecule has 134 valence electrons. The molecule has 0 saturated carbocycles. The summed E-state index contributed by atoms with van der Waals surface area (Å²) in [6.45, 7) is 3.63. The highest BCUT2D eigenvalue weighted by atomic mass is 35.5. The van der Waals surface area contributed by atoms with Crippen LogP contribution in [0.15, 0.2) is 36.5 Å². The van der Waals surface area contributed by atoms with E-state index >= 15 is 0 Å². The number of anilines is 1. The van der Waals surface area contributed by atoms with E-state index in [0.717, 1.165) is 11.4 Å². The number of carbonyl (C=O) groups excluding carboxylic acids is 2. The lowest BCUT2D eigenvalue weighted by Gasteiger charge is -2.16. The van der Waals surface area contributed by atoms with Crippen molar-refractivity contribution in [2.24, 2.45) is 0 Å². The number of hydrogen-bond acceptors (Lipinski definition) is 4. The molecule has 0 atom stereocenters. The predicted molar refractivity (Wildman–Crippen MR) is 99.5 cm³/mol. The fourth-order valence-electron chi connectivity index (χ4n) is 2.67.